The second-order valence-corrected chi connectivity index (χ2v) is 6.96. The Balaban J connectivity index is 1.54. The Kier molecular flexibility index (Phi) is 4.69. The second-order valence-electron chi connectivity index (χ2n) is 6.96. The van der Waals surface area contributed by atoms with Crippen molar-refractivity contribution < 1.29 is 4.79 Å². The van der Waals surface area contributed by atoms with E-state index in [0.717, 1.165) is 30.7 Å². The molecule has 7 heteroatoms. The summed E-state index contributed by atoms with van der Waals surface area (Å²) in [7, 11) is 0. The summed E-state index contributed by atoms with van der Waals surface area (Å²) in [6.07, 6.45) is 13.9. The van der Waals surface area contributed by atoms with Gasteiger partial charge in [-0.2, -0.15) is 5.10 Å². The predicted octanol–water partition coefficient (Wildman–Crippen LogP) is 3.38. The zero-order valence-corrected chi connectivity index (χ0v) is 15.0. The number of nitrogens with one attached hydrogen (secondary N) is 2. The Morgan fingerprint density at radius 3 is 3.00 bits per heavy atom. The van der Waals surface area contributed by atoms with Crippen LogP contribution in [0, 0.1) is 0 Å². The highest BCUT2D eigenvalue weighted by atomic mass is 16.1. The summed E-state index contributed by atoms with van der Waals surface area (Å²) in [5.41, 5.74) is 2.47. The highest BCUT2D eigenvalue weighted by molar-refractivity contribution is 5.95. The number of aromatic amines is 1. The molecule has 3 aromatic rings. The van der Waals surface area contributed by atoms with E-state index in [9.17, 15) is 4.79 Å². The first-order chi connectivity index (χ1) is 12.8. The number of nitrogens with zero attached hydrogens (tertiary/aromatic N) is 4. The van der Waals surface area contributed by atoms with E-state index >= 15 is 0 Å². The minimum absolute atomic E-state index is 0.0869. The van der Waals surface area contributed by atoms with Crippen LogP contribution in [0.3, 0.4) is 0 Å². The molecular formula is C19H24N6O. The van der Waals surface area contributed by atoms with Crippen LogP contribution in [0.25, 0.3) is 5.78 Å². The fourth-order valence-electron chi connectivity index (χ4n) is 3.82. The molecule has 3 aromatic heterocycles. The Morgan fingerprint density at radius 1 is 1.38 bits per heavy atom. The van der Waals surface area contributed by atoms with Crippen molar-refractivity contribution in [3.8, 4) is 0 Å². The topological polar surface area (TPSA) is 88.0 Å². The van der Waals surface area contributed by atoms with Crippen LogP contribution in [-0.4, -0.2) is 30.5 Å². The molecule has 1 saturated carbocycles. The van der Waals surface area contributed by atoms with Crippen LogP contribution >= 0.6 is 0 Å². The van der Waals surface area contributed by atoms with Crippen molar-refractivity contribution in [1.82, 2.24) is 29.9 Å². The number of aromatic nitrogens is 5. The molecule has 1 atom stereocenters. The molecule has 4 rings (SSSR count). The summed E-state index contributed by atoms with van der Waals surface area (Å²) < 4.78 is 1.87. The molecule has 0 radical (unpaired) electrons. The third-order valence-electron chi connectivity index (χ3n) is 5.25. The lowest BCUT2D eigenvalue weighted by atomic mass is 9.85. The van der Waals surface area contributed by atoms with Gasteiger partial charge in [0.05, 0.1) is 29.2 Å². The van der Waals surface area contributed by atoms with Crippen LogP contribution in [0.15, 0.2) is 30.9 Å². The first-order valence-corrected chi connectivity index (χ1v) is 9.40. The maximum atomic E-state index is 12.9. The second kappa shape index (κ2) is 7.27. The summed E-state index contributed by atoms with van der Waals surface area (Å²) in [4.78, 5) is 21.7. The Bertz CT molecular complexity index is 859. The van der Waals surface area contributed by atoms with E-state index in [4.69, 9.17) is 0 Å². The van der Waals surface area contributed by atoms with Crippen molar-refractivity contribution in [2.45, 2.75) is 57.4 Å². The molecule has 0 bridgehead atoms. The highest BCUT2D eigenvalue weighted by Gasteiger charge is 2.25. The number of amides is 1. The van der Waals surface area contributed by atoms with Crippen molar-refractivity contribution >= 4 is 11.7 Å². The number of hydrogen-bond acceptors (Lipinski definition) is 4. The van der Waals surface area contributed by atoms with Gasteiger partial charge in [-0.25, -0.2) is 9.97 Å². The summed E-state index contributed by atoms with van der Waals surface area (Å²) >= 11 is 0. The standard InChI is InChI=1S/C19H24N6O/c1-2-15(16-12-25-10-6-9-20-19(25)23-16)22-18(26)14-11-21-24-17(14)13-7-4-3-5-8-13/h6,9-13,15H,2-5,7-8H2,1H3,(H,21,24)(H,22,26)/t15-/m0/s1. The third-order valence-corrected chi connectivity index (χ3v) is 5.25. The van der Waals surface area contributed by atoms with Gasteiger partial charge in [-0.15, -0.1) is 0 Å². The molecule has 1 aliphatic carbocycles. The van der Waals surface area contributed by atoms with Crippen LogP contribution in [0.1, 0.15) is 79.2 Å². The lowest BCUT2D eigenvalue weighted by Crippen LogP contribution is -2.29. The van der Waals surface area contributed by atoms with Gasteiger partial charge < -0.3 is 5.32 Å². The fraction of sp³-hybridized carbons (Fsp3) is 0.474. The molecule has 0 spiro atoms. The largest absolute Gasteiger partial charge is 0.344 e. The van der Waals surface area contributed by atoms with Crippen molar-refractivity contribution in [2.75, 3.05) is 0 Å². The average molecular weight is 352 g/mol. The van der Waals surface area contributed by atoms with Gasteiger partial charge in [0.2, 0.25) is 5.78 Å². The van der Waals surface area contributed by atoms with Gasteiger partial charge >= 0.3 is 0 Å². The lowest BCUT2D eigenvalue weighted by Gasteiger charge is -2.22. The van der Waals surface area contributed by atoms with E-state index in [1.54, 1.807) is 12.4 Å². The SMILES string of the molecule is CC[C@H](NC(=O)c1cn[nH]c1C1CCCCC1)c1cn2cccnc2n1. The Labute approximate surface area is 152 Å². The van der Waals surface area contributed by atoms with Crippen LogP contribution in [0.5, 0.6) is 0 Å². The zero-order valence-electron chi connectivity index (χ0n) is 15.0. The van der Waals surface area contributed by atoms with Crippen molar-refractivity contribution in [3.05, 3.63) is 47.8 Å². The maximum absolute atomic E-state index is 12.9. The molecule has 0 aliphatic heterocycles. The first-order valence-electron chi connectivity index (χ1n) is 9.40. The van der Waals surface area contributed by atoms with Gasteiger partial charge in [-0.3, -0.25) is 14.3 Å². The molecule has 7 nitrogen and oxygen atoms in total. The molecular weight excluding hydrogens is 328 g/mol. The number of imidazole rings is 1. The van der Waals surface area contributed by atoms with E-state index in [0.29, 0.717) is 17.3 Å². The molecule has 1 fully saturated rings. The molecule has 0 aromatic carbocycles. The third kappa shape index (κ3) is 3.21. The summed E-state index contributed by atoms with van der Waals surface area (Å²) in [6, 6.07) is 1.71. The number of H-pyrrole nitrogens is 1. The summed E-state index contributed by atoms with van der Waals surface area (Å²) in [6.45, 7) is 2.04. The first kappa shape index (κ1) is 16.8. The molecule has 2 N–H and O–H groups in total. The minimum atomic E-state index is -0.154. The number of carbonyl (C=O) groups excluding carboxylic acids is 1. The lowest BCUT2D eigenvalue weighted by molar-refractivity contribution is 0.0933. The quantitative estimate of drug-likeness (QED) is 0.737. The molecule has 1 aliphatic rings. The van der Waals surface area contributed by atoms with Crippen molar-refractivity contribution in [2.24, 2.45) is 0 Å². The highest BCUT2D eigenvalue weighted by Crippen LogP contribution is 2.33. The minimum Gasteiger partial charge on any atom is -0.344 e. The van der Waals surface area contributed by atoms with Crippen molar-refractivity contribution in [1.29, 1.82) is 0 Å². The van der Waals surface area contributed by atoms with E-state index in [1.807, 2.05) is 29.8 Å². The Morgan fingerprint density at radius 2 is 2.23 bits per heavy atom. The van der Waals surface area contributed by atoms with Gasteiger partial charge in [-0.1, -0.05) is 26.2 Å². The van der Waals surface area contributed by atoms with Gasteiger partial charge in [0.25, 0.3) is 5.91 Å². The number of fused-ring (bicyclic) bond motifs is 1. The zero-order chi connectivity index (χ0) is 17.9. The van der Waals surface area contributed by atoms with Crippen LogP contribution < -0.4 is 5.32 Å². The molecule has 136 valence electrons. The molecule has 3 heterocycles. The molecule has 26 heavy (non-hydrogen) atoms. The number of hydrogen-bond donors (Lipinski definition) is 2. The predicted molar refractivity (Wildman–Crippen MR) is 97.9 cm³/mol. The fourth-order valence-corrected chi connectivity index (χ4v) is 3.82. The van der Waals surface area contributed by atoms with Gasteiger partial charge in [-0.05, 0) is 25.3 Å². The average Bonchev–Trinajstić information content (AvgIpc) is 3.33. The summed E-state index contributed by atoms with van der Waals surface area (Å²) in [5.74, 6) is 0.962. The molecule has 1 amide bonds. The van der Waals surface area contributed by atoms with Crippen LogP contribution in [0.2, 0.25) is 0 Å². The molecule has 0 saturated heterocycles. The smallest absolute Gasteiger partial charge is 0.255 e. The van der Waals surface area contributed by atoms with Crippen LogP contribution in [-0.2, 0) is 0 Å². The van der Waals surface area contributed by atoms with Gasteiger partial charge in [0.15, 0.2) is 0 Å². The van der Waals surface area contributed by atoms with Crippen molar-refractivity contribution in [3.63, 3.8) is 0 Å². The Hall–Kier alpha value is -2.70. The number of carbonyl (C=O) groups is 1. The van der Waals surface area contributed by atoms with Crippen LogP contribution in [0.4, 0.5) is 0 Å². The molecule has 0 unspecified atom stereocenters. The van der Waals surface area contributed by atoms with E-state index in [-0.39, 0.29) is 11.9 Å². The van der Waals surface area contributed by atoms with Gasteiger partial charge in [0, 0.05) is 24.5 Å². The van der Waals surface area contributed by atoms with E-state index < -0.39 is 0 Å². The monoisotopic (exact) mass is 352 g/mol. The summed E-state index contributed by atoms with van der Waals surface area (Å²) in [5, 5.41) is 10.3. The van der Waals surface area contributed by atoms with E-state index in [2.05, 4.69) is 25.5 Å². The number of rotatable bonds is 5. The maximum Gasteiger partial charge on any atom is 0.255 e. The van der Waals surface area contributed by atoms with Gasteiger partial charge in [0.1, 0.15) is 0 Å². The normalized spacial score (nSPS) is 16.7. The van der Waals surface area contributed by atoms with E-state index in [1.165, 1.54) is 19.3 Å².